The summed E-state index contributed by atoms with van der Waals surface area (Å²) < 4.78 is 0. The minimum absolute atomic E-state index is 0.216. The van der Waals surface area contributed by atoms with E-state index >= 15 is 0 Å². The Labute approximate surface area is 108 Å². The molecule has 0 bridgehead atoms. The molecule has 0 heterocycles. The van der Waals surface area contributed by atoms with Crippen molar-refractivity contribution in [2.45, 2.75) is 32.7 Å². The first-order valence-electron chi connectivity index (χ1n) is 6.33. The molecule has 0 spiro atoms. The van der Waals surface area contributed by atoms with Crippen LogP contribution in [0.4, 0.5) is 4.79 Å². The Morgan fingerprint density at radius 1 is 1.33 bits per heavy atom. The molecule has 1 aliphatic carbocycles. The van der Waals surface area contributed by atoms with E-state index in [-0.39, 0.29) is 12.6 Å². The summed E-state index contributed by atoms with van der Waals surface area (Å²) in [4.78, 5) is 24.5. The number of likely N-dealkylation sites (N-methyl/N-ethyl adjacent to an activating group) is 1. The molecule has 0 aliphatic heterocycles. The summed E-state index contributed by atoms with van der Waals surface area (Å²) in [5, 5.41) is 14.3. The summed E-state index contributed by atoms with van der Waals surface area (Å²) in [5.41, 5.74) is -0.702. The molecule has 6 nitrogen and oxygen atoms in total. The first-order valence-corrected chi connectivity index (χ1v) is 6.33. The Morgan fingerprint density at radius 3 is 2.39 bits per heavy atom. The van der Waals surface area contributed by atoms with Gasteiger partial charge in [0.25, 0.3) is 0 Å². The van der Waals surface area contributed by atoms with Gasteiger partial charge in [-0.3, -0.25) is 4.79 Å². The number of rotatable bonds is 7. The van der Waals surface area contributed by atoms with E-state index in [1.165, 1.54) is 0 Å². The van der Waals surface area contributed by atoms with Crippen LogP contribution < -0.4 is 10.6 Å². The smallest absolute Gasteiger partial charge is 0.314 e. The number of hydrogen-bond donors (Lipinski definition) is 3. The van der Waals surface area contributed by atoms with Crippen molar-refractivity contribution in [2.75, 3.05) is 26.7 Å². The first kappa shape index (κ1) is 14.8. The molecule has 104 valence electrons. The lowest BCUT2D eigenvalue weighted by atomic mass is 10.1. The average molecular weight is 257 g/mol. The van der Waals surface area contributed by atoms with Crippen molar-refractivity contribution in [2.24, 2.45) is 5.41 Å². The number of nitrogens with one attached hydrogen (secondary N) is 2. The molecule has 3 N–H and O–H groups in total. The zero-order valence-corrected chi connectivity index (χ0v) is 11.3. The summed E-state index contributed by atoms with van der Waals surface area (Å²) in [5.74, 6) is -0.817. The van der Waals surface area contributed by atoms with Gasteiger partial charge in [0.15, 0.2) is 0 Å². The fourth-order valence-corrected chi connectivity index (χ4v) is 1.53. The summed E-state index contributed by atoms with van der Waals surface area (Å²) in [7, 11) is 1.99. The van der Waals surface area contributed by atoms with E-state index in [0.717, 1.165) is 6.54 Å². The molecule has 0 saturated heterocycles. The highest BCUT2D eigenvalue weighted by atomic mass is 16.4. The van der Waals surface area contributed by atoms with Crippen LogP contribution in [0, 0.1) is 5.41 Å². The number of carboxylic acids is 1. The van der Waals surface area contributed by atoms with Gasteiger partial charge >= 0.3 is 12.0 Å². The standard InChI is InChI=1S/C12H23N3O3/c1-9(2)15(3)7-6-13-11(18)14-8-12(4-5-12)10(16)17/h9H,4-8H2,1-3H3,(H,16,17)(H2,13,14,18). The Balaban J connectivity index is 2.13. The third-order valence-corrected chi connectivity index (χ3v) is 3.53. The molecular weight excluding hydrogens is 234 g/mol. The molecule has 6 heteroatoms. The number of urea groups is 1. The number of aliphatic carboxylic acids is 1. The van der Waals surface area contributed by atoms with E-state index in [1.807, 2.05) is 7.05 Å². The van der Waals surface area contributed by atoms with Gasteiger partial charge < -0.3 is 20.6 Å². The lowest BCUT2D eigenvalue weighted by Crippen LogP contribution is -2.43. The Hall–Kier alpha value is -1.30. The van der Waals surface area contributed by atoms with Gasteiger partial charge in [-0.25, -0.2) is 4.79 Å². The zero-order valence-electron chi connectivity index (χ0n) is 11.3. The van der Waals surface area contributed by atoms with Crippen molar-refractivity contribution in [1.29, 1.82) is 0 Å². The summed E-state index contributed by atoms with van der Waals surface area (Å²) in [6, 6.07) is 0.149. The van der Waals surface area contributed by atoms with Gasteiger partial charge in [-0.15, -0.1) is 0 Å². The second-order valence-electron chi connectivity index (χ2n) is 5.27. The highest BCUT2D eigenvalue weighted by molar-refractivity contribution is 5.80. The van der Waals surface area contributed by atoms with Crippen LogP contribution in [0.3, 0.4) is 0 Å². The maximum Gasteiger partial charge on any atom is 0.314 e. The highest BCUT2D eigenvalue weighted by Gasteiger charge is 2.50. The number of carbonyl (C=O) groups excluding carboxylic acids is 1. The lowest BCUT2D eigenvalue weighted by molar-refractivity contribution is -0.143. The van der Waals surface area contributed by atoms with E-state index in [0.29, 0.717) is 25.4 Å². The summed E-state index contributed by atoms with van der Waals surface area (Å²) >= 11 is 0. The summed E-state index contributed by atoms with van der Waals surface area (Å²) in [6.45, 7) is 5.72. The number of carboxylic acid groups (broad SMARTS) is 1. The van der Waals surface area contributed by atoms with Gasteiger partial charge in [0.2, 0.25) is 0 Å². The van der Waals surface area contributed by atoms with Gasteiger partial charge in [-0.05, 0) is 33.7 Å². The number of nitrogens with zero attached hydrogens (tertiary/aromatic N) is 1. The molecule has 1 saturated carbocycles. The quantitative estimate of drug-likeness (QED) is 0.620. The second kappa shape index (κ2) is 6.04. The molecule has 0 aromatic carbocycles. The molecule has 0 aromatic rings. The van der Waals surface area contributed by atoms with E-state index in [9.17, 15) is 9.59 Å². The van der Waals surface area contributed by atoms with Crippen molar-refractivity contribution < 1.29 is 14.7 Å². The van der Waals surface area contributed by atoms with E-state index in [1.54, 1.807) is 0 Å². The minimum Gasteiger partial charge on any atom is -0.481 e. The van der Waals surface area contributed by atoms with Gasteiger partial charge in [-0.2, -0.15) is 0 Å². The predicted octanol–water partition coefficient (Wildman–Crippen LogP) is 0.491. The number of carbonyl (C=O) groups is 2. The van der Waals surface area contributed by atoms with Gasteiger partial charge in [0.1, 0.15) is 0 Å². The van der Waals surface area contributed by atoms with E-state index in [2.05, 4.69) is 29.4 Å². The third-order valence-electron chi connectivity index (χ3n) is 3.53. The maximum absolute atomic E-state index is 11.5. The van der Waals surface area contributed by atoms with Crippen LogP contribution in [-0.2, 0) is 4.79 Å². The van der Waals surface area contributed by atoms with E-state index in [4.69, 9.17) is 5.11 Å². The SMILES string of the molecule is CC(C)N(C)CCNC(=O)NCC1(C(=O)O)CC1. The zero-order chi connectivity index (χ0) is 13.8. The maximum atomic E-state index is 11.5. The van der Waals surface area contributed by atoms with Crippen LogP contribution in [0.15, 0.2) is 0 Å². The van der Waals surface area contributed by atoms with Gasteiger partial charge in [-0.1, -0.05) is 0 Å². The molecule has 2 amide bonds. The fraction of sp³-hybridized carbons (Fsp3) is 0.833. The number of amides is 2. The molecule has 0 radical (unpaired) electrons. The molecule has 1 fully saturated rings. The van der Waals surface area contributed by atoms with Crippen LogP contribution in [0.25, 0.3) is 0 Å². The van der Waals surface area contributed by atoms with Crippen molar-refractivity contribution in [3.05, 3.63) is 0 Å². The van der Waals surface area contributed by atoms with Crippen molar-refractivity contribution >= 4 is 12.0 Å². The van der Waals surface area contributed by atoms with Gasteiger partial charge in [0, 0.05) is 25.7 Å². The number of hydrogen-bond acceptors (Lipinski definition) is 3. The molecule has 1 rings (SSSR count). The second-order valence-corrected chi connectivity index (χ2v) is 5.27. The average Bonchev–Trinajstić information content (AvgIpc) is 3.07. The molecule has 0 atom stereocenters. The van der Waals surface area contributed by atoms with Crippen LogP contribution in [0.2, 0.25) is 0 Å². The van der Waals surface area contributed by atoms with Crippen molar-refractivity contribution in [3.63, 3.8) is 0 Å². The molecule has 1 aliphatic rings. The van der Waals surface area contributed by atoms with Crippen molar-refractivity contribution in [1.82, 2.24) is 15.5 Å². The van der Waals surface area contributed by atoms with Crippen LogP contribution in [0.5, 0.6) is 0 Å². The fourth-order valence-electron chi connectivity index (χ4n) is 1.53. The normalized spacial score (nSPS) is 16.7. The Morgan fingerprint density at radius 2 is 1.94 bits per heavy atom. The van der Waals surface area contributed by atoms with Crippen LogP contribution in [0.1, 0.15) is 26.7 Å². The topological polar surface area (TPSA) is 81.7 Å². The summed E-state index contributed by atoms with van der Waals surface area (Å²) in [6.07, 6.45) is 1.30. The third kappa shape index (κ3) is 4.18. The van der Waals surface area contributed by atoms with Crippen molar-refractivity contribution in [3.8, 4) is 0 Å². The molecule has 0 unspecified atom stereocenters. The Bertz CT molecular complexity index is 314. The molecule has 18 heavy (non-hydrogen) atoms. The van der Waals surface area contributed by atoms with E-state index < -0.39 is 11.4 Å². The van der Waals surface area contributed by atoms with Crippen LogP contribution in [-0.4, -0.2) is 54.7 Å². The Kier molecular flexibility index (Phi) is 4.95. The lowest BCUT2D eigenvalue weighted by Gasteiger charge is -2.21. The van der Waals surface area contributed by atoms with Crippen LogP contribution >= 0.6 is 0 Å². The molecule has 0 aromatic heterocycles. The first-order chi connectivity index (χ1) is 8.37. The van der Waals surface area contributed by atoms with Gasteiger partial charge in [0.05, 0.1) is 5.41 Å². The molecular formula is C12H23N3O3. The largest absolute Gasteiger partial charge is 0.481 e. The monoisotopic (exact) mass is 257 g/mol. The predicted molar refractivity (Wildman–Crippen MR) is 68.5 cm³/mol. The minimum atomic E-state index is -0.817. The highest BCUT2D eigenvalue weighted by Crippen LogP contribution is 2.45.